The second-order valence-electron chi connectivity index (χ2n) is 4.37. The number of amides is 1. The fourth-order valence-electron chi connectivity index (χ4n) is 1.72. The van der Waals surface area contributed by atoms with Crippen molar-refractivity contribution in [2.45, 2.75) is 45.6 Å². The maximum atomic E-state index is 12.0. The third-order valence-electron chi connectivity index (χ3n) is 2.90. The minimum absolute atomic E-state index is 0.104. The van der Waals surface area contributed by atoms with Gasteiger partial charge < -0.3 is 10.0 Å². The Labute approximate surface area is 103 Å². The first-order valence-electron chi connectivity index (χ1n) is 6.06. The SMILES string of the molecule is C=CCC(C(=O)O)N(C)C(=O)C(C)CCCC. The van der Waals surface area contributed by atoms with Gasteiger partial charge in [-0.05, 0) is 12.8 Å². The zero-order valence-corrected chi connectivity index (χ0v) is 11.0. The molecule has 0 rings (SSSR count). The Kier molecular flexibility index (Phi) is 7.26. The lowest BCUT2D eigenvalue weighted by molar-refractivity contribution is -0.150. The second-order valence-corrected chi connectivity index (χ2v) is 4.37. The van der Waals surface area contributed by atoms with E-state index in [4.69, 9.17) is 5.11 Å². The molecular formula is C13H23NO3. The molecule has 0 spiro atoms. The summed E-state index contributed by atoms with van der Waals surface area (Å²) in [5.74, 6) is -1.21. The molecule has 0 saturated carbocycles. The van der Waals surface area contributed by atoms with Crippen LogP contribution in [0.2, 0.25) is 0 Å². The monoisotopic (exact) mass is 241 g/mol. The molecule has 0 aliphatic carbocycles. The molecule has 1 N–H and O–H groups in total. The molecule has 1 amide bonds. The maximum absolute atomic E-state index is 12.0. The van der Waals surface area contributed by atoms with Gasteiger partial charge in [-0.2, -0.15) is 0 Å². The molecule has 4 nitrogen and oxygen atoms in total. The summed E-state index contributed by atoms with van der Waals surface area (Å²) in [7, 11) is 1.55. The first kappa shape index (κ1) is 15.7. The van der Waals surface area contributed by atoms with E-state index >= 15 is 0 Å². The highest BCUT2D eigenvalue weighted by atomic mass is 16.4. The number of hydrogen-bond donors (Lipinski definition) is 1. The maximum Gasteiger partial charge on any atom is 0.326 e. The molecule has 2 atom stereocenters. The van der Waals surface area contributed by atoms with Crippen LogP contribution < -0.4 is 0 Å². The fraction of sp³-hybridized carbons (Fsp3) is 0.692. The number of carboxylic acids is 1. The summed E-state index contributed by atoms with van der Waals surface area (Å²) >= 11 is 0. The van der Waals surface area contributed by atoms with Crippen molar-refractivity contribution in [1.29, 1.82) is 0 Å². The lowest BCUT2D eigenvalue weighted by Crippen LogP contribution is -2.44. The summed E-state index contributed by atoms with van der Waals surface area (Å²) in [6.45, 7) is 7.43. The zero-order chi connectivity index (χ0) is 13.4. The predicted molar refractivity (Wildman–Crippen MR) is 67.7 cm³/mol. The van der Waals surface area contributed by atoms with Crippen LogP contribution in [0.25, 0.3) is 0 Å². The molecule has 0 aromatic rings. The van der Waals surface area contributed by atoms with E-state index in [1.165, 1.54) is 11.0 Å². The first-order valence-corrected chi connectivity index (χ1v) is 6.06. The van der Waals surface area contributed by atoms with Crippen LogP contribution >= 0.6 is 0 Å². The number of likely N-dealkylation sites (N-methyl/N-ethyl adjacent to an activating group) is 1. The molecule has 0 bridgehead atoms. The van der Waals surface area contributed by atoms with Crippen molar-refractivity contribution in [2.24, 2.45) is 5.92 Å². The summed E-state index contributed by atoms with van der Waals surface area (Å²) in [5.41, 5.74) is 0. The minimum atomic E-state index is -0.983. The Morgan fingerprint density at radius 2 is 2.06 bits per heavy atom. The molecule has 98 valence electrons. The number of unbranched alkanes of at least 4 members (excludes halogenated alkanes) is 1. The Morgan fingerprint density at radius 1 is 1.47 bits per heavy atom. The summed E-state index contributed by atoms with van der Waals surface area (Å²) in [6.07, 6.45) is 4.63. The lowest BCUT2D eigenvalue weighted by atomic mass is 10.0. The van der Waals surface area contributed by atoms with Gasteiger partial charge in [-0.15, -0.1) is 6.58 Å². The van der Waals surface area contributed by atoms with Gasteiger partial charge in [0, 0.05) is 13.0 Å². The van der Waals surface area contributed by atoms with E-state index in [0.717, 1.165) is 19.3 Å². The van der Waals surface area contributed by atoms with E-state index in [0.29, 0.717) is 0 Å². The molecule has 0 aromatic heterocycles. The van der Waals surface area contributed by atoms with Gasteiger partial charge in [-0.1, -0.05) is 32.8 Å². The highest BCUT2D eigenvalue weighted by molar-refractivity contribution is 5.84. The summed E-state index contributed by atoms with van der Waals surface area (Å²) < 4.78 is 0. The van der Waals surface area contributed by atoms with Crippen LogP contribution in [-0.2, 0) is 9.59 Å². The van der Waals surface area contributed by atoms with Crippen molar-refractivity contribution < 1.29 is 14.7 Å². The molecule has 4 heteroatoms. The molecule has 17 heavy (non-hydrogen) atoms. The van der Waals surface area contributed by atoms with Gasteiger partial charge in [0.15, 0.2) is 0 Å². The molecule has 0 heterocycles. The Bertz CT molecular complexity index is 276. The van der Waals surface area contributed by atoms with Crippen molar-refractivity contribution in [3.63, 3.8) is 0 Å². The van der Waals surface area contributed by atoms with E-state index in [9.17, 15) is 9.59 Å². The molecular weight excluding hydrogens is 218 g/mol. The van der Waals surface area contributed by atoms with Crippen molar-refractivity contribution in [3.8, 4) is 0 Å². The second kappa shape index (κ2) is 7.87. The molecule has 0 aromatic carbocycles. The third-order valence-corrected chi connectivity index (χ3v) is 2.90. The van der Waals surface area contributed by atoms with Crippen LogP contribution in [0, 0.1) is 5.92 Å². The summed E-state index contributed by atoms with van der Waals surface area (Å²) in [5, 5.41) is 9.04. The van der Waals surface area contributed by atoms with Crippen molar-refractivity contribution in [2.75, 3.05) is 7.05 Å². The van der Waals surface area contributed by atoms with E-state index in [2.05, 4.69) is 13.5 Å². The van der Waals surface area contributed by atoms with Crippen LogP contribution in [0.5, 0.6) is 0 Å². The summed E-state index contributed by atoms with van der Waals surface area (Å²) in [6, 6.07) is -0.802. The summed E-state index contributed by atoms with van der Waals surface area (Å²) in [4.78, 5) is 24.4. The van der Waals surface area contributed by atoms with Gasteiger partial charge in [0.2, 0.25) is 5.91 Å². The number of carbonyl (C=O) groups is 2. The number of rotatable bonds is 8. The van der Waals surface area contributed by atoms with E-state index < -0.39 is 12.0 Å². The van der Waals surface area contributed by atoms with Crippen LogP contribution in [0.4, 0.5) is 0 Å². The van der Waals surface area contributed by atoms with Gasteiger partial charge in [0.25, 0.3) is 0 Å². The van der Waals surface area contributed by atoms with Gasteiger partial charge in [-0.25, -0.2) is 4.79 Å². The largest absolute Gasteiger partial charge is 0.480 e. The van der Waals surface area contributed by atoms with Crippen molar-refractivity contribution in [3.05, 3.63) is 12.7 Å². The van der Waals surface area contributed by atoms with Gasteiger partial charge in [0.1, 0.15) is 6.04 Å². The highest BCUT2D eigenvalue weighted by Crippen LogP contribution is 2.14. The average Bonchev–Trinajstić information content (AvgIpc) is 2.30. The third kappa shape index (κ3) is 5.02. The number of hydrogen-bond acceptors (Lipinski definition) is 2. The van der Waals surface area contributed by atoms with E-state index in [1.54, 1.807) is 7.05 Å². The number of carboxylic acid groups (broad SMARTS) is 1. The minimum Gasteiger partial charge on any atom is -0.480 e. The van der Waals surface area contributed by atoms with Crippen molar-refractivity contribution >= 4 is 11.9 Å². The van der Waals surface area contributed by atoms with Crippen molar-refractivity contribution in [1.82, 2.24) is 4.90 Å². The van der Waals surface area contributed by atoms with E-state index in [1.807, 2.05) is 6.92 Å². The van der Waals surface area contributed by atoms with Gasteiger partial charge in [0.05, 0.1) is 0 Å². The molecule has 0 aliphatic rings. The number of aliphatic carboxylic acids is 1. The number of nitrogens with zero attached hydrogens (tertiary/aromatic N) is 1. The standard InChI is InChI=1S/C13H23NO3/c1-5-7-9-10(3)12(15)14(4)11(8-6-2)13(16)17/h6,10-11H,2,5,7-9H2,1,3-4H3,(H,16,17). The Balaban J connectivity index is 4.53. The van der Waals surface area contributed by atoms with Crippen LogP contribution in [0.1, 0.15) is 39.5 Å². The topological polar surface area (TPSA) is 57.6 Å². The molecule has 0 aliphatic heterocycles. The van der Waals surface area contributed by atoms with Crippen LogP contribution in [0.15, 0.2) is 12.7 Å². The quantitative estimate of drug-likeness (QED) is 0.663. The number of carbonyl (C=O) groups excluding carboxylic acids is 1. The Morgan fingerprint density at radius 3 is 2.47 bits per heavy atom. The molecule has 0 fully saturated rings. The average molecular weight is 241 g/mol. The fourth-order valence-corrected chi connectivity index (χ4v) is 1.72. The zero-order valence-electron chi connectivity index (χ0n) is 11.0. The van der Waals surface area contributed by atoms with Crippen LogP contribution in [0.3, 0.4) is 0 Å². The smallest absolute Gasteiger partial charge is 0.326 e. The van der Waals surface area contributed by atoms with Gasteiger partial charge in [-0.3, -0.25) is 4.79 Å². The lowest BCUT2D eigenvalue weighted by Gasteiger charge is -2.26. The first-order chi connectivity index (χ1) is 7.95. The normalized spacial score (nSPS) is 13.8. The van der Waals surface area contributed by atoms with Gasteiger partial charge >= 0.3 is 5.97 Å². The Hall–Kier alpha value is -1.32. The van der Waals surface area contributed by atoms with Crippen LogP contribution in [-0.4, -0.2) is 35.0 Å². The molecule has 0 radical (unpaired) electrons. The molecule has 2 unspecified atom stereocenters. The predicted octanol–water partition coefficient (Wildman–Crippen LogP) is 2.30. The van der Waals surface area contributed by atoms with E-state index in [-0.39, 0.29) is 18.2 Å². The highest BCUT2D eigenvalue weighted by Gasteiger charge is 2.27. The molecule has 0 saturated heterocycles.